The minimum Gasteiger partial charge on any atom is -0.268 e. The molecule has 0 radical (unpaired) electrons. The Kier molecular flexibility index (Phi) is 3.52. The third-order valence-corrected chi connectivity index (χ3v) is 4.35. The van der Waals surface area contributed by atoms with Gasteiger partial charge in [0, 0.05) is 12.3 Å². The largest absolute Gasteiger partial charge is 0.281 e. The summed E-state index contributed by atoms with van der Waals surface area (Å²) in [4.78, 5) is 19.7. The maximum absolute atomic E-state index is 12.8. The first kappa shape index (κ1) is 15.0. The molecule has 3 aromatic heterocycles. The molecule has 0 unspecified atom stereocenters. The minimum atomic E-state index is -4.22. The van der Waals surface area contributed by atoms with Gasteiger partial charge in [0.2, 0.25) is 0 Å². The van der Waals surface area contributed by atoms with Gasteiger partial charge in [-0.15, -0.1) is 0 Å². The fraction of sp³-hybridized carbons (Fsp3) is 0.0769. The van der Waals surface area contributed by atoms with Gasteiger partial charge in [0.1, 0.15) is 5.82 Å². The number of aryl methyl sites for hydroxylation is 1. The molecule has 0 fully saturated rings. The Morgan fingerprint density at radius 3 is 2.70 bits per heavy atom. The van der Waals surface area contributed by atoms with E-state index in [2.05, 4.69) is 15.1 Å². The first-order valence-electron chi connectivity index (χ1n) is 6.36. The molecule has 10 heteroatoms. The molecule has 0 saturated carbocycles. The number of pyridine rings is 1. The van der Waals surface area contributed by atoms with Crippen molar-refractivity contribution in [2.24, 2.45) is 0 Å². The second kappa shape index (κ2) is 5.39. The van der Waals surface area contributed by atoms with Crippen LogP contribution in [0.2, 0.25) is 0 Å². The number of fused-ring (bicyclic) bond motifs is 1. The van der Waals surface area contributed by atoms with Crippen LogP contribution in [-0.4, -0.2) is 33.9 Å². The molecule has 0 spiro atoms. The number of aromatic nitrogens is 4. The minimum absolute atomic E-state index is 0.0480. The summed E-state index contributed by atoms with van der Waals surface area (Å²) >= 11 is 0. The quantitative estimate of drug-likeness (QED) is 0.755. The Balaban J connectivity index is 1.93. The zero-order chi connectivity index (χ0) is 16.6. The van der Waals surface area contributed by atoms with Crippen molar-refractivity contribution in [1.82, 2.24) is 24.3 Å². The van der Waals surface area contributed by atoms with Gasteiger partial charge in [0.25, 0.3) is 15.9 Å². The number of amides is 1. The number of carbonyl (C=O) groups is 1. The highest BCUT2D eigenvalue weighted by atomic mass is 32.2. The molecule has 3 rings (SSSR count). The number of hydrogen-bond acceptors (Lipinski definition) is 6. The van der Waals surface area contributed by atoms with Gasteiger partial charge < -0.3 is 0 Å². The second-order valence-electron chi connectivity index (χ2n) is 4.61. The highest BCUT2D eigenvalue weighted by molar-refractivity contribution is 7.90. The fourth-order valence-corrected chi connectivity index (χ4v) is 2.86. The SMILES string of the molecule is Cc1c(C(=O)NS(=O)(=O)c2ccc(F)cn2)cnc2ccnn12. The number of sulfonamides is 1. The maximum Gasteiger partial charge on any atom is 0.281 e. The lowest BCUT2D eigenvalue weighted by molar-refractivity contribution is 0.0979. The molecule has 0 aliphatic heterocycles. The average molecular weight is 335 g/mol. The van der Waals surface area contributed by atoms with E-state index in [0.717, 1.165) is 18.3 Å². The molecule has 8 nitrogen and oxygen atoms in total. The van der Waals surface area contributed by atoms with Crippen molar-refractivity contribution < 1.29 is 17.6 Å². The van der Waals surface area contributed by atoms with E-state index in [1.165, 1.54) is 16.9 Å². The molecular formula is C13H10FN5O3S. The summed E-state index contributed by atoms with van der Waals surface area (Å²) in [5, 5.41) is 3.54. The van der Waals surface area contributed by atoms with Crippen molar-refractivity contribution in [1.29, 1.82) is 0 Å². The Labute approximate surface area is 130 Å². The molecule has 23 heavy (non-hydrogen) atoms. The van der Waals surface area contributed by atoms with Crippen LogP contribution < -0.4 is 4.72 Å². The normalized spacial score (nSPS) is 11.6. The highest BCUT2D eigenvalue weighted by Gasteiger charge is 2.22. The summed E-state index contributed by atoms with van der Waals surface area (Å²) in [6.45, 7) is 1.61. The van der Waals surface area contributed by atoms with Crippen LogP contribution in [0.15, 0.2) is 41.8 Å². The van der Waals surface area contributed by atoms with Gasteiger partial charge in [-0.2, -0.15) is 13.5 Å². The molecule has 1 N–H and O–H groups in total. The molecule has 0 aliphatic carbocycles. The van der Waals surface area contributed by atoms with Crippen molar-refractivity contribution in [2.75, 3.05) is 0 Å². The predicted molar refractivity (Wildman–Crippen MR) is 76.6 cm³/mol. The number of hydrogen-bond donors (Lipinski definition) is 1. The van der Waals surface area contributed by atoms with Crippen LogP contribution in [0, 0.1) is 12.7 Å². The van der Waals surface area contributed by atoms with Gasteiger partial charge in [-0.25, -0.2) is 23.6 Å². The van der Waals surface area contributed by atoms with E-state index < -0.39 is 26.8 Å². The van der Waals surface area contributed by atoms with Gasteiger partial charge in [-0.05, 0) is 19.1 Å². The van der Waals surface area contributed by atoms with Crippen LogP contribution in [0.25, 0.3) is 5.65 Å². The summed E-state index contributed by atoms with van der Waals surface area (Å²) < 4.78 is 40.3. The Morgan fingerprint density at radius 1 is 1.22 bits per heavy atom. The van der Waals surface area contributed by atoms with E-state index in [9.17, 15) is 17.6 Å². The van der Waals surface area contributed by atoms with Crippen molar-refractivity contribution in [3.63, 3.8) is 0 Å². The zero-order valence-corrected chi connectivity index (χ0v) is 12.6. The third-order valence-electron chi connectivity index (χ3n) is 3.10. The molecule has 0 aromatic carbocycles. The molecule has 3 aromatic rings. The van der Waals surface area contributed by atoms with E-state index in [4.69, 9.17) is 0 Å². The van der Waals surface area contributed by atoms with Crippen molar-refractivity contribution in [2.45, 2.75) is 11.9 Å². The van der Waals surface area contributed by atoms with Crippen molar-refractivity contribution in [3.8, 4) is 0 Å². The summed E-state index contributed by atoms with van der Waals surface area (Å²) in [6.07, 6.45) is 3.52. The number of nitrogens with one attached hydrogen (secondary N) is 1. The van der Waals surface area contributed by atoms with Crippen LogP contribution in [0.3, 0.4) is 0 Å². The average Bonchev–Trinajstić information content (AvgIpc) is 2.97. The Hall–Kier alpha value is -2.88. The van der Waals surface area contributed by atoms with E-state index in [-0.39, 0.29) is 5.56 Å². The smallest absolute Gasteiger partial charge is 0.268 e. The fourth-order valence-electron chi connectivity index (χ4n) is 1.96. The summed E-state index contributed by atoms with van der Waals surface area (Å²) in [6, 6.07) is 3.55. The predicted octanol–water partition coefficient (Wildman–Crippen LogP) is 0.691. The Bertz CT molecular complexity index is 998. The Morgan fingerprint density at radius 2 is 2.00 bits per heavy atom. The van der Waals surface area contributed by atoms with Crippen LogP contribution in [0.4, 0.5) is 4.39 Å². The zero-order valence-electron chi connectivity index (χ0n) is 11.8. The number of halogens is 1. The van der Waals surface area contributed by atoms with Crippen molar-refractivity contribution in [3.05, 3.63) is 53.9 Å². The first-order chi connectivity index (χ1) is 10.9. The third kappa shape index (κ3) is 2.75. The molecular weight excluding hydrogens is 325 g/mol. The highest BCUT2D eigenvalue weighted by Crippen LogP contribution is 2.11. The van der Waals surface area contributed by atoms with Crippen LogP contribution in [0.5, 0.6) is 0 Å². The topological polar surface area (TPSA) is 106 Å². The van der Waals surface area contributed by atoms with E-state index >= 15 is 0 Å². The lowest BCUT2D eigenvalue weighted by Crippen LogP contribution is -2.32. The standard InChI is InChI=1S/C13H10FN5O3S/c1-8-10(7-15-11-4-5-17-19(8)11)13(20)18-23(21,22)12-3-2-9(14)6-16-12/h2-7H,1H3,(H,18,20). The summed E-state index contributed by atoms with van der Waals surface area (Å²) in [5.74, 6) is -1.56. The van der Waals surface area contributed by atoms with Crippen molar-refractivity contribution >= 4 is 21.6 Å². The molecule has 0 bridgehead atoms. The number of nitrogens with zero attached hydrogens (tertiary/aromatic N) is 4. The summed E-state index contributed by atoms with van der Waals surface area (Å²) in [7, 11) is -4.22. The molecule has 1 amide bonds. The lowest BCUT2D eigenvalue weighted by Gasteiger charge is -2.08. The van der Waals surface area contributed by atoms with Crippen LogP contribution >= 0.6 is 0 Å². The monoisotopic (exact) mass is 335 g/mol. The molecule has 0 aliphatic rings. The first-order valence-corrected chi connectivity index (χ1v) is 7.85. The van der Waals surface area contributed by atoms with E-state index in [0.29, 0.717) is 11.3 Å². The summed E-state index contributed by atoms with van der Waals surface area (Å²) in [5.41, 5.74) is 1.01. The van der Waals surface area contributed by atoms with Gasteiger partial charge >= 0.3 is 0 Å². The lowest BCUT2D eigenvalue weighted by atomic mass is 10.2. The van der Waals surface area contributed by atoms with Gasteiger partial charge in [0.15, 0.2) is 10.7 Å². The molecule has 0 saturated heterocycles. The maximum atomic E-state index is 12.8. The number of carbonyl (C=O) groups excluding carboxylic acids is 1. The number of rotatable bonds is 3. The van der Waals surface area contributed by atoms with Gasteiger partial charge in [0.05, 0.1) is 23.7 Å². The molecule has 0 atom stereocenters. The molecule has 118 valence electrons. The second-order valence-corrected chi connectivity index (χ2v) is 6.24. The molecule has 3 heterocycles. The van der Waals surface area contributed by atoms with Crippen LogP contribution in [-0.2, 0) is 10.0 Å². The van der Waals surface area contributed by atoms with Gasteiger partial charge in [-0.1, -0.05) is 0 Å². The van der Waals surface area contributed by atoms with Gasteiger partial charge in [-0.3, -0.25) is 4.79 Å². The van der Waals surface area contributed by atoms with E-state index in [1.807, 2.05) is 4.72 Å². The van der Waals surface area contributed by atoms with E-state index in [1.54, 1.807) is 13.0 Å². The van der Waals surface area contributed by atoms with Crippen LogP contribution in [0.1, 0.15) is 16.1 Å².